The number of aryl methyl sites for hydroxylation is 2. The van der Waals surface area contributed by atoms with Crippen LogP contribution in [0.2, 0.25) is 0 Å². The minimum Gasteiger partial charge on any atom is -0.353 e. The molecule has 1 atom stereocenters. The van der Waals surface area contributed by atoms with Crippen LogP contribution in [0.5, 0.6) is 0 Å². The Morgan fingerprint density at radius 3 is 2.58 bits per heavy atom. The first-order chi connectivity index (χ1) is 12.5. The SMILES string of the molecule is CNC(C(=O)NCC1(Sc2ccc(C)cc2)CCCC1)c1cnn(C)c1. The molecule has 0 radical (unpaired) electrons. The van der Waals surface area contributed by atoms with Gasteiger partial charge in [-0.05, 0) is 38.9 Å². The largest absolute Gasteiger partial charge is 0.353 e. The van der Waals surface area contributed by atoms with Crippen molar-refractivity contribution < 1.29 is 4.79 Å². The Balaban J connectivity index is 1.66. The van der Waals surface area contributed by atoms with Gasteiger partial charge in [0.05, 0.1) is 6.20 Å². The van der Waals surface area contributed by atoms with E-state index in [0.717, 1.165) is 18.4 Å². The van der Waals surface area contributed by atoms with Gasteiger partial charge in [0.2, 0.25) is 5.91 Å². The zero-order valence-corrected chi connectivity index (χ0v) is 16.6. The van der Waals surface area contributed by atoms with Gasteiger partial charge in [0.15, 0.2) is 0 Å². The van der Waals surface area contributed by atoms with Gasteiger partial charge in [-0.1, -0.05) is 30.5 Å². The van der Waals surface area contributed by atoms with Crippen molar-refractivity contribution in [1.82, 2.24) is 20.4 Å². The molecular weight excluding hydrogens is 344 g/mol. The molecule has 1 fully saturated rings. The molecule has 2 N–H and O–H groups in total. The van der Waals surface area contributed by atoms with Gasteiger partial charge in [-0.2, -0.15) is 5.10 Å². The number of carbonyl (C=O) groups is 1. The Hall–Kier alpha value is -1.79. The summed E-state index contributed by atoms with van der Waals surface area (Å²) in [5.41, 5.74) is 2.16. The Morgan fingerprint density at radius 2 is 2.00 bits per heavy atom. The van der Waals surface area contributed by atoms with Gasteiger partial charge in [-0.3, -0.25) is 9.48 Å². The number of likely N-dealkylation sites (N-methyl/N-ethyl adjacent to an activating group) is 1. The predicted molar refractivity (Wildman–Crippen MR) is 106 cm³/mol. The molecule has 1 aliphatic carbocycles. The third kappa shape index (κ3) is 4.48. The van der Waals surface area contributed by atoms with E-state index < -0.39 is 0 Å². The van der Waals surface area contributed by atoms with Gasteiger partial charge in [-0.15, -0.1) is 11.8 Å². The van der Waals surface area contributed by atoms with Crippen molar-refractivity contribution in [3.05, 3.63) is 47.8 Å². The van der Waals surface area contributed by atoms with Crippen molar-refractivity contribution in [2.24, 2.45) is 7.05 Å². The first-order valence-corrected chi connectivity index (χ1v) is 10.0. The van der Waals surface area contributed by atoms with Crippen molar-refractivity contribution in [2.75, 3.05) is 13.6 Å². The molecule has 0 saturated heterocycles. The van der Waals surface area contributed by atoms with E-state index in [-0.39, 0.29) is 16.7 Å². The summed E-state index contributed by atoms with van der Waals surface area (Å²) in [5, 5.41) is 10.5. The Bertz CT molecular complexity index is 735. The lowest BCUT2D eigenvalue weighted by Crippen LogP contribution is -2.43. The van der Waals surface area contributed by atoms with E-state index in [1.165, 1.54) is 23.3 Å². The van der Waals surface area contributed by atoms with Gasteiger partial charge in [-0.25, -0.2) is 0 Å². The molecule has 6 heteroatoms. The lowest BCUT2D eigenvalue weighted by atomic mass is 10.1. The van der Waals surface area contributed by atoms with Crippen LogP contribution in [0.3, 0.4) is 0 Å². The maximum atomic E-state index is 12.8. The lowest BCUT2D eigenvalue weighted by Gasteiger charge is -2.29. The first kappa shape index (κ1) is 19.0. The molecule has 1 aromatic carbocycles. The topological polar surface area (TPSA) is 59.0 Å². The highest BCUT2D eigenvalue weighted by molar-refractivity contribution is 8.00. The molecule has 26 heavy (non-hydrogen) atoms. The zero-order chi connectivity index (χ0) is 18.6. The molecule has 1 saturated carbocycles. The number of benzene rings is 1. The smallest absolute Gasteiger partial charge is 0.241 e. The number of rotatable bonds is 7. The fourth-order valence-corrected chi connectivity index (χ4v) is 4.99. The number of carbonyl (C=O) groups excluding carboxylic acids is 1. The molecule has 2 aromatic rings. The van der Waals surface area contributed by atoms with E-state index in [1.54, 1.807) is 10.9 Å². The maximum Gasteiger partial charge on any atom is 0.241 e. The normalized spacial score (nSPS) is 17.2. The monoisotopic (exact) mass is 372 g/mol. The number of nitrogens with zero attached hydrogens (tertiary/aromatic N) is 2. The van der Waals surface area contributed by atoms with Crippen LogP contribution in [0.15, 0.2) is 41.6 Å². The standard InChI is InChI=1S/C20H28N4OS/c1-15-6-8-17(9-7-15)26-20(10-4-5-11-20)14-22-19(25)18(21-2)16-12-23-24(3)13-16/h6-9,12-13,18,21H,4-5,10-11,14H2,1-3H3,(H,22,25). The number of hydrogen-bond acceptors (Lipinski definition) is 4. The van der Waals surface area contributed by atoms with Crippen molar-refractivity contribution in [2.45, 2.75) is 48.3 Å². The summed E-state index contributed by atoms with van der Waals surface area (Å²) in [6.45, 7) is 2.80. The number of amides is 1. The summed E-state index contributed by atoms with van der Waals surface area (Å²) in [6.07, 6.45) is 8.37. The average Bonchev–Trinajstić information content (AvgIpc) is 3.26. The molecule has 3 rings (SSSR count). The second-order valence-electron chi connectivity index (χ2n) is 7.19. The van der Waals surface area contributed by atoms with E-state index in [9.17, 15) is 4.79 Å². The van der Waals surface area contributed by atoms with Crippen LogP contribution in [0.1, 0.15) is 42.9 Å². The molecule has 0 spiro atoms. The third-order valence-electron chi connectivity index (χ3n) is 5.06. The third-order valence-corrected chi connectivity index (χ3v) is 6.56. The number of hydrogen-bond donors (Lipinski definition) is 2. The number of nitrogens with one attached hydrogen (secondary N) is 2. The Labute approximate surface area is 159 Å². The van der Waals surface area contributed by atoms with Crippen LogP contribution >= 0.6 is 11.8 Å². The molecule has 1 aliphatic rings. The van der Waals surface area contributed by atoms with E-state index in [1.807, 2.05) is 32.1 Å². The molecule has 1 heterocycles. The van der Waals surface area contributed by atoms with Crippen LogP contribution in [0.25, 0.3) is 0 Å². The van der Waals surface area contributed by atoms with Crippen molar-refractivity contribution in [1.29, 1.82) is 0 Å². The lowest BCUT2D eigenvalue weighted by molar-refractivity contribution is -0.123. The second kappa shape index (κ2) is 8.27. The highest BCUT2D eigenvalue weighted by Gasteiger charge is 2.36. The molecule has 0 bridgehead atoms. The van der Waals surface area contributed by atoms with E-state index in [4.69, 9.17) is 0 Å². The molecular formula is C20H28N4OS. The molecule has 0 aliphatic heterocycles. The average molecular weight is 373 g/mol. The summed E-state index contributed by atoms with van der Waals surface area (Å²) < 4.78 is 1.82. The molecule has 1 aromatic heterocycles. The quantitative estimate of drug-likeness (QED) is 0.784. The van der Waals surface area contributed by atoms with E-state index >= 15 is 0 Å². The summed E-state index contributed by atoms with van der Waals surface area (Å²) in [6, 6.07) is 8.32. The number of thioether (sulfide) groups is 1. The molecule has 1 unspecified atom stereocenters. The second-order valence-corrected chi connectivity index (χ2v) is 8.73. The summed E-state index contributed by atoms with van der Waals surface area (Å²) in [4.78, 5) is 14.0. The van der Waals surface area contributed by atoms with Crippen LogP contribution in [-0.2, 0) is 11.8 Å². The van der Waals surface area contributed by atoms with Crippen LogP contribution in [0, 0.1) is 6.92 Å². The highest BCUT2D eigenvalue weighted by Crippen LogP contribution is 2.45. The van der Waals surface area contributed by atoms with Gasteiger partial charge in [0, 0.05) is 35.0 Å². The van der Waals surface area contributed by atoms with Crippen LogP contribution in [-0.4, -0.2) is 34.0 Å². The Morgan fingerprint density at radius 1 is 1.31 bits per heavy atom. The summed E-state index contributed by atoms with van der Waals surface area (Å²) >= 11 is 1.92. The molecule has 140 valence electrons. The van der Waals surface area contributed by atoms with Gasteiger partial charge in [0.1, 0.15) is 6.04 Å². The minimum atomic E-state index is -0.369. The fraction of sp³-hybridized carbons (Fsp3) is 0.500. The molecule has 1 amide bonds. The van der Waals surface area contributed by atoms with Gasteiger partial charge in [0.25, 0.3) is 0 Å². The first-order valence-electron chi connectivity index (χ1n) is 9.20. The minimum absolute atomic E-state index is 0.0104. The zero-order valence-electron chi connectivity index (χ0n) is 15.8. The van der Waals surface area contributed by atoms with Crippen molar-refractivity contribution >= 4 is 17.7 Å². The summed E-state index contributed by atoms with van der Waals surface area (Å²) in [5.74, 6) is 0.0104. The van der Waals surface area contributed by atoms with Gasteiger partial charge < -0.3 is 10.6 Å². The van der Waals surface area contributed by atoms with Crippen LogP contribution in [0.4, 0.5) is 0 Å². The van der Waals surface area contributed by atoms with E-state index in [0.29, 0.717) is 6.54 Å². The highest BCUT2D eigenvalue weighted by atomic mass is 32.2. The Kier molecular flexibility index (Phi) is 6.04. The number of aromatic nitrogens is 2. The van der Waals surface area contributed by atoms with Crippen molar-refractivity contribution in [3.8, 4) is 0 Å². The van der Waals surface area contributed by atoms with Gasteiger partial charge >= 0.3 is 0 Å². The molecule has 5 nitrogen and oxygen atoms in total. The van der Waals surface area contributed by atoms with Crippen LogP contribution < -0.4 is 10.6 Å². The predicted octanol–water partition coefficient (Wildman–Crippen LogP) is 3.21. The maximum absolute atomic E-state index is 12.8. The summed E-state index contributed by atoms with van der Waals surface area (Å²) in [7, 11) is 3.67. The van der Waals surface area contributed by atoms with Crippen molar-refractivity contribution in [3.63, 3.8) is 0 Å². The fourth-order valence-electron chi connectivity index (χ4n) is 3.58. The van der Waals surface area contributed by atoms with E-state index in [2.05, 4.69) is 46.9 Å².